The van der Waals surface area contributed by atoms with E-state index in [1.807, 2.05) is 30.3 Å². The minimum atomic E-state index is -4.46. The fourth-order valence-electron chi connectivity index (χ4n) is 3.42. The van der Waals surface area contributed by atoms with E-state index in [1.165, 1.54) is 6.07 Å². The van der Waals surface area contributed by atoms with Crippen molar-refractivity contribution in [2.45, 2.75) is 25.7 Å². The lowest BCUT2D eigenvalue weighted by Gasteiger charge is -2.16. The normalized spacial score (nSPS) is 13.2. The second-order valence-corrected chi connectivity index (χ2v) is 6.88. The Kier molecular flexibility index (Phi) is 5.50. The van der Waals surface area contributed by atoms with Gasteiger partial charge in [-0.05, 0) is 25.1 Å². The van der Waals surface area contributed by atoms with Gasteiger partial charge in [0.1, 0.15) is 6.54 Å². The molecule has 4 rings (SSSR count). The second kappa shape index (κ2) is 8.23. The van der Waals surface area contributed by atoms with Crippen molar-refractivity contribution in [3.8, 4) is 5.69 Å². The molecule has 5 nitrogen and oxygen atoms in total. The Labute approximate surface area is 172 Å². The van der Waals surface area contributed by atoms with Gasteiger partial charge >= 0.3 is 6.18 Å². The summed E-state index contributed by atoms with van der Waals surface area (Å²) in [5, 5.41) is 11.6. The molecule has 0 bridgehead atoms. The maximum atomic E-state index is 13.5. The van der Waals surface area contributed by atoms with Crippen LogP contribution in [0.5, 0.6) is 0 Å². The summed E-state index contributed by atoms with van der Waals surface area (Å²) in [5.74, 6) is 1.04. The van der Waals surface area contributed by atoms with E-state index in [1.54, 1.807) is 10.6 Å². The van der Waals surface area contributed by atoms with Crippen LogP contribution in [0.3, 0.4) is 0 Å². The van der Waals surface area contributed by atoms with Gasteiger partial charge in [0.25, 0.3) is 0 Å². The van der Waals surface area contributed by atoms with Gasteiger partial charge in [-0.25, -0.2) is 0 Å². The highest BCUT2D eigenvalue weighted by molar-refractivity contribution is 6.15. The van der Waals surface area contributed by atoms with Crippen molar-refractivity contribution in [2.24, 2.45) is 4.99 Å². The highest BCUT2D eigenvalue weighted by Crippen LogP contribution is 2.34. The highest BCUT2D eigenvalue weighted by atomic mass is 19.4. The molecule has 8 heteroatoms. The number of nitrogens with zero attached hydrogens (tertiary/aromatic N) is 4. The summed E-state index contributed by atoms with van der Waals surface area (Å²) in [6.45, 7) is 4.96. The number of benzene rings is 2. The maximum absolute atomic E-state index is 13.5. The van der Waals surface area contributed by atoms with Gasteiger partial charge in [0.15, 0.2) is 11.6 Å². The van der Waals surface area contributed by atoms with Crippen LogP contribution in [0.4, 0.5) is 13.2 Å². The number of nitrogens with one attached hydrogen (secondary N) is 1. The molecule has 154 valence electrons. The zero-order valence-electron chi connectivity index (χ0n) is 16.2. The Bertz CT molecular complexity index is 1080. The van der Waals surface area contributed by atoms with Crippen LogP contribution < -0.4 is 5.32 Å². The largest absolute Gasteiger partial charge is 0.416 e. The third-order valence-corrected chi connectivity index (χ3v) is 4.85. The number of alkyl halides is 3. The van der Waals surface area contributed by atoms with Crippen LogP contribution in [0, 0.1) is 0 Å². The first-order chi connectivity index (χ1) is 14.5. The smallest absolute Gasteiger partial charge is 0.310 e. The summed E-state index contributed by atoms with van der Waals surface area (Å²) in [6.07, 6.45) is -1.89. The van der Waals surface area contributed by atoms with Crippen LogP contribution in [0.2, 0.25) is 0 Å². The molecule has 0 saturated carbocycles. The van der Waals surface area contributed by atoms with Gasteiger partial charge in [0, 0.05) is 11.1 Å². The van der Waals surface area contributed by atoms with Crippen molar-refractivity contribution < 1.29 is 13.2 Å². The first-order valence-corrected chi connectivity index (χ1v) is 9.55. The van der Waals surface area contributed by atoms with Crippen LogP contribution in [-0.4, -0.2) is 27.0 Å². The molecule has 0 fully saturated rings. The van der Waals surface area contributed by atoms with Gasteiger partial charge in [0.2, 0.25) is 0 Å². The Balaban J connectivity index is 1.84. The van der Waals surface area contributed by atoms with E-state index in [9.17, 15) is 13.2 Å². The van der Waals surface area contributed by atoms with E-state index >= 15 is 0 Å². The van der Waals surface area contributed by atoms with Crippen LogP contribution in [0.1, 0.15) is 34.8 Å². The van der Waals surface area contributed by atoms with Crippen molar-refractivity contribution >= 4 is 5.71 Å². The molecule has 2 aromatic carbocycles. The molecule has 0 radical (unpaired) electrons. The SMILES string of the molecule is C=CCCNCc1nnc2n1-c1cc(C(F)(F)F)ccc1C(c1ccccc1)=NC2. The third kappa shape index (κ3) is 3.91. The lowest BCUT2D eigenvalue weighted by Crippen LogP contribution is -2.19. The van der Waals surface area contributed by atoms with E-state index < -0.39 is 11.7 Å². The fraction of sp³-hybridized carbons (Fsp3) is 0.227. The van der Waals surface area contributed by atoms with E-state index in [-0.39, 0.29) is 6.54 Å². The number of hydrogen-bond donors (Lipinski definition) is 1. The first-order valence-electron chi connectivity index (χ1n) is 9.55. The highest BCUT2D eigenvalue weighted by Gasteiger charge is 2.33. The van der Waals surface area contributed by atoms with E-state index in [4.69, 9.17) is 0 Å². The Hall–Kier alpha value is -3.26. The average molecular weight is 411 g/mol. The van der Waals surface area contributed by atoms with Crippen molar-refractivity contribution in [3.63, 3.8) is 0 Å². The lowest BCUT2D eigenvalue weighted by atomic mass is 9.98. The molecular formula is C22H20F3N5. The molecule has 2 heterocycles. The van der Waals surface area contributed by atoms with E-state index in [0.717, 1.165) is 24.1 Å². The minimum Gasteiger partial charge on any atom is -0.310 e. The lowest BCUT2D eigenvalue weighted by molar-refractivity contribution is -0.137. The van der Waals surface area contributed by atoms with Crippen LogP contribution in [-0.2, 0) is 19.3 Å². The zero-order valence-corrected chi connectivity index (χ0v) is 16.2. The van der Waals surface area contributed by atoms with Crippen LogP contribution in [0.15, 0.2) is 66.2 Å². The molecular weight excluding hydrogens is 391 g/mol. The maximum Gasteiger partial charge on any atom is 0.416 e. The van der Waals surface area contributed by atoms with Gasteiger partial charge in [-0.1, -0.05) is 42.5 Å². The molecule has 0 unspecified atom stereocenters. The Morgan fingerprint density at radius 2 is 1.90 bits per heavy atom. The molecule has 1 aliphatic heterocycles. The summed E-state index contributed by atoms with van der Waals surface area (Å²) >= 11 is 0. The summed E-state index contributed by atoms with van der Waals surface area (Å²) in [4.78, 5) is 4.67. The van der Waals surface area contributed by atoms with Crippen molar-refractivity contribution in [2.75, 3.05) is 6.54 Å². The van der Waals surface area contributed by atoms with E-state index in [2.05, 4.69) is 27.1 Å². The van der Waals surface area contributed by atoms with Gasteiger partial charge in [-0.2, -0.15) is 13.2 Å². The molecule has 0 spiro atoms. The number of fused-ring (bicyclic) bond motifs is 3. The van der Waals surface area contributed by atoms with Gasteiger partial charge in [-0.3, -0.25) is 9.56 Å². The monoisotopic (exact) mass is 411 g/mol. The molecule has 0 atom stereocenters. The van der Waals surface area contributed by atoms with Crippen molar-refractivity contribution in [3.05, 3.63) is 89.5 Å². The summed E-state index contributed by atoms with van der Waals surface area (Å²) in [6, 6.07) is 13.1. The molecule has 1 aliphatic rings. The van der Waals surface area contributed by atoms with Gasteiger partial charge < -0.3 is 5.32 Å². The predicted molar refractivity (Wildman–Crippen MR) is 109 cm³/mol. The molecule has 0 amide bonds. The number of aliphatic imine (C=N–C) groups is 1. The molecule has 30 heavy (non-hydrogen) atoms. The fourth-order valence-corrected chi connectivity index (χ4v) is 3.42. The summed E-state index contributed by atoms with van der Waals surface area (Å²) < 4.78 is 42.1. The quantitative estimate of drug-likeness (QED) is 0.486. The molecule has 1 aromatic heterocycles. The molecule has 1 N–H and O–H groups in total. The number of aromatic nitrogens is 3. The molecule has 0 saturated heterocycles. The Morgan fingerprint density at radius 3 is 2.63 bits per heavy atom. The number of rotatable bonds is 6. The first kappa shape index (κ1) is 20.0. The van der Waals surface area contributed by atoms with Crippen LogP contribution in [0.25, 0.3) is 5.69 Å². The molecule has 0 aliphatic carbocycles. The average Bonchev–Trinajstić information content (AvgIpc) is 3.06. The van der Waals surface area contributed by atoms with Crippen molar-refractivity contribution in [1.29, 1.82) is 0 Å². The second-order valence-electron chi connectivity index (χ2n) is 6.88. The van der Waals surface area contributed by atoms with Gasteiger partial charge in [0.05, 0.1) is 23.5 Å². The summed E-state index contributed by atoms with van der Waals surface area (Å²) in [5.41, 5.74) is 1.74. The van der Waals surface area contributed by atoms with Crippen LogP contribution >= 0.6 is 0 Å². The standard InChI is InChI=1S/C22H20F3N5/c1-2-3-11-26-13-19-28-29-20-14-27-21(15-7-5-4-6-8-15)17-10-9-16(22(23,24)25)12-18(17)30(19)20/h2,4-10,12,26H,1,3,11,13-14H2. The minimum absolute atomic E-state index is 0.222. The zero-order chi connectivity index (χ0) is 21.1. The third-order valence-electron chi connectivity index (χ3n) is 4.85. The number of halogens is 3. The van der Waals surface area contributed by atoms with Crippen molar-refractivity contribution in [1.82, 2.24) is 20.1 Å². The topological polar surface area (TPSA) is 55.1 Å². The Morgan fingerprint density at radius 1 is 1.10 bits per heavy atom. The number of hydrogen-bond acceptors (Lipinski definition) is 4. The molecule has 3 aromatic rings. The van der Waals surface area contributed by atoms with E-state index in [0.29, 0.717) is 41.7 Å². The summed E-state index contributed by atoms with van der Waals surface area (Å²) in [7, 11) is 0. The van der Waals surface area contributed by atoms with Gasteiger partial charge in [-0.15, -0.1) is 16.8 Å². The predicted octanol–water partition coefficient (Wildman–Crippen LogP) is 4.30.